The molecule has 114 valence electrons. The van der Waals surface area contributed by atoms with Gasteiger partial charge in [-0.15, -0.1) is 0 Å². The molecule has 0 unspecified atom stereocenters. The molecule has 1 N–H and O–H groups in total. The van der Waals surface area contributed by atoms with Gasteiger partial charge >= 0.3 is 0 Å². The van der Waals surface area contributed by atoms with Crippen molar-refractivity contribution in [2.24, 2.45) is 5.92 Å². The first-order chi connectivity index (χ1) is 10.3. The minimum atomic E-state index is 0.221. The number of hydrogen-bond donors (Lipinski definition) is 1. The van der Waals surface area contributed by atoms with E-state index in [1.165, 1.54) is 36.8 Å². The van der Waals surface area contributed by atoms with E-state index in [4.69, 9.17) is 0 Å². The van der Waals surface area contributed by atoms with Gasteiger partial charge in [-0.25, -0.2) is 0 Å². The van der Waals surface area contributed by atoms with Gasteiger partial charge in [-0.3, -0.25) is 4.79 Å². The van der Waals surface area contributed by atoms with Crippen LogP contribution in [0.5, 0.6) is 0 Å². The molecule has 2 aliphatic rings. The molecule has 1 aromatic rings. The first-order valence-corrected chi connectivity index (χ1v) is 8.39. The molecule has 3 nitrogen and oxygen atoms in total. The summed E-state index contributed by atoms with van der Waals surface area (Å²) in [6, 6.07) is 6.26. The highest BCUT2D eigenvalue weighted by atomic mass is 16.2. The summed E-state index contributed by atoms with van der Waals surface area (Å²) < 4.78 is 0. The minimum Gasteiger partial charge on any atom is -0.339 e. The number of nitrogens with one attached hydrogen (secondary N) is 1. The van der Waals surface area contributed by atoms with Gasteiger partial charge in [0, 0.05) is 25.2 Å². The van der Waals surface area contributed by atoms with Gasteiger partial charge in [-0.05, 0) is 55.0 Å². The van der Waals surface area contributed by atoms with Crippen LogP contribution in [-0.4, -0.2) is 30.4 Å². The lowest BCUT2D eigenvalue weighted by Gasteiger charge is -2.32. The molecule has 3 heteroatoms. The van der Waals surface area contributed by atoms with Gasteiger partial charge in [-0.2, -0.15) is 0 Å². The Kier molecular flexibility index (Phi) is 4.59. The molecule has 1 aromatic carbocycles. The van der Waals surface area contributed by atoms with Crippen LogP contribution < -0.4 is 5.32 Å². The quantitative estimate of drug-likeness (QED) is 0.926. The van der Waals surface area contributed by atoms with Gasteiger partial charge in [-0.1, -0.05) is 25.8 Å². The Morgan fingerprint density at radius 2 is 2.10 bits per heavy atom. The summed E-state index contributed by atoms with van der Waals surface area (Å²) in [7, 11) is 0. The lowest BCUT2D eigenvalue weighted by atomic mass is 9.92. The lowest BCUT2D eigenvalue weighted by Crippen LogP contribution is -2.38. The fraction of sp³-hybridized carbons (Fsp3) is 0.611. The molecule has 21 heavy (non-hydrogen) atoms. The molecule has 0 aromatic heterocycles. The van der Waals surface area contributed by atoms with Gasteiger partial charge in [0.1, 0.15) is 0 Å². The van der Waals surface area contributed by atoms with Crippen LogP contribution in [0, 0.1) is 5.92 Å². The standard InChI is InChI=1S/C18H26N2O/c1-2-3-14-7-10-20(11-8-14)18(21)16-5-4-15-6-9-19-13-17(15)12-16/h4-5,12,14,19H,2-3,6-11,13H2,1H3. The number of carbonyl (C=O) groups is 1. The van der Waals surface area contributed by atoms with Gasteiger partial charge in [0.2, 0.25) is 0 Å². The fourth-order valence-corrected chi connectivity index (χ4v) is 3.63. The smallest absolute Gasteiger partial charge is 0.253 e. The normalized spacial score (nSPS) is 19.4. The van der Waals surface area contributed by atoms with E-state index in [0.29, 0.717) is 0 Å². The second kappa shape index (κ2) is 6.61. The maximum absolute atomic E-state index is 12.7. The summed E-state index contributed by atoms with van der Waals surface area (Å²) in [5.74, 6) is 1.05. The SMILES string of the molecule is CCCC1CCN(C(=O)c2ccc3c(c2)CNCC3)CC1. The highest BCUT2D eigenvalue weighted by Gasteiger charge is 2.23. The zero-order valence-corrected chi connectivity index (χ0v) is 13.0. The third-order valence-corrected chi connectivity index (χ3v) is 4.94. The number of benzene rings is 1. The second-order valence-corrected chi connectivity index (χ2v) is 6.43. The van der Waals surface area contributed by atoms with Crippen molar-refractivity contribution in [1.82, 2.24) is 10.2 Å². The highest BCUT2D eigenvalue weighted by Crippen LogP contribution is 2.24. The van der Waals surface area contributed by atoms with Crippen molar-refractivity contribution >= 4 is 5.91 Å². The Balaban J connectivity index is 1.66. The number of hydrogen-bond acceptors (Lipinski definition) is 2. The molecule has 0 bridgehead atoms. The van der Waals surface area contributed by atoms with Gasteiger partial charge in [0.25, 0.3) is 5.91 Å². The number of piperidine rings is 1. The molecule has 2 aliphatic heterocycles. The Bertz CT molecular complexity index is 504. The predicted octanol–water partition coefficient (Wildman–Crippen LogP) is 2.98. The summed E-state index contributed by atoms with van der Waals surface area (Å²) in [6.45, 7) is 6.05. The van der Waals surface area contributed by atoms with E-state index in [0.717, 1.165) is 44.1 Å². The van der Waals surface area contributed by atoms with Crippen LogP contribution in [0.2, 0.25) is 0 Å². The van der Waals surface area contributed by atoms with Crippen molar-refractivity contribution in [2.75, 3.05) is 19.6 Å². The molecule has 0 radical (unpaired) electrons. The average molecular weight is 286 g/mol. The molecule has 2 heterocycles. The third-order valence-electron chi connectivity index (χ3n) is 4.94. The van der Waals surface area contributed by atoms with Crippen LogP contribution in [0.3, 0.4) is 0 Å². The predicted molar refractivity (Wildman–Crippen MR) is 85.4 cm³/mol. The van der Waals surface area contributed by atoms with E-state index >= 15 is 0 Å². The number of likely N-dealkylation sites (tertiary alicyclic amines) is 1. The molecule has 0 spiro atoms. The first-order valence-electron chi connectivity index (χ1n) is 8.39. The second-order valence-electron chi connectivity index (χ2n) is 6.43. The summed E-state index contributed by atoms with van der Waals surface area (Å²) in [6.07, 6.45) is 5.99. The zero-order valence-electron chi connectivity index (χ0n) is 13.0. The van der Waals surface area contributed by atoms with Crippen LogP contribution in [-0.2, 0) is 13.0 Å². The van der Waals surface area contributed by atoms with Crippen molar-refractivity contribution in [2.45, 2.75) is 45.6 Å². The fourth-order valence-electron chi connectivity index (χ4n) is 3.63. The van der Waals surface area contributed by atoms with Gasteiger partial charge in [0.05, 0.1) is 0 Å². The molecular weight excluding hydrogens is 260 g/mol. The van der Waals surface area contributed by atoms with Crippen LogP contribution in [0.4, 0.5) is 0 Å². The van der Waals surface area contributed by atoms with E-state index in [1.807, 2.05) is 11.0 Å². The number of carbonyl (C=O) groups excluding carboxylic acids is 1. The Morgan fingerprint density at radius 3 is 2.86 bits per heavy atom. The van der Waals surface area contributed by atoms with Crippen LogP contribution in [0.25, 0.3) is 0 Å². The molecular formula is C18H26N2O. The monoisotopic (exact) mass is 286 g/mol. The first kappa shape index (κ1) is 14.6. The maximum Gasteiger partial charge on any atom is 0.253 e. The molecule has 1 fully saturated rings. The van der Waals surface area contributed by atoms with Crippen LogP contribution in [0.1, 0.15) is 54.1 Å². The van der Waals surface area contributed by atoms with Crippen molar-refractivity contribution < 1.29 is 4.79 Å². The maximum atomic E-state index is 12.7. The van der Waals surface area contributed by atoms with Crippen molar-refractivity contribution in [3.05, 3.63) is 34.9 Å². The highest BCUT2D eigenvalue weighted by molar-refractivity contribution is 5.94. The van der Waals surface area contributed by atoms with Gasteiger partial charge in [0.15, 0.2) is 0 Å². The van der Waals surface area contributed by atoms with E-state index in [2.05, 4.69) is 24.4 Å². The van der Waals surface area contributed by atoms with Crippen LogP contribution in [0.15, 0.2) is 18.2 Å². The van der Waals surface area contributed by atoms with Crippen molar-refractivity contribution in [3.8, 4) is 0 Å². The Hall–Kier alpha value is -1.35. The summed E-state index contributed by atoms with van der Waals surface area (Å²) >= 11 is 0. The van der Waals surface area contributed by atoms with E-state index in [1.54, 1.807) is 0 Å². The van der Waals surface area contributed by atoms with E-state index in [-0.39, 0.29) is 5.91 Å². The largest absolute Gasteiger partial charge is 0.339 e. The van der Waals surface area contributed by atoms with E-state index < -0.39 is 0 Å². The summed E-state index contributed by atoms with van der Waals surface area (Å²) in [5.41, 5.74) is 3.56. The van der Waals surface area contributed by atoms with E-state index in [9.17, 15) is 4.79 Å². The Labute approximate surface area is 127 Å². The molecule has 1 saturated heterocycles. The van der Waals surface area contributed by atoms with Crippen molar-refractivity contribution in [3.63, 3.8) is 0 Å². The molecule has 0 saturated carbocycles. The lowest BCUT2D eigenvalue weighted by molar-refractivity contribution is 0.0686. The molecule has 3 rings (SSSR count). The average Bonchev–Trinajstić information content (AvgIpc) is 2.55. The summed E-state index contributed by atoms with van der Waals surface area (Å²) in [4.78, 5) is 14.7. The number of nitrogens with zero attached hydrogens (tertiary/aromatic N) is 1. The number of fused-ring (bicyclic) bond motifs is 1. The number of rotatable bonds is 3. The van der Waals surface area contributed by atoms with Crippen LogP contribution >= 0.6 is 0 Å². The molecule has 1 amide bonds. The Morgan fingerprint density at radius 1 is 1.29 bits per heavy atom. The molecule has 0 atom stereocenters. The summed E-state index contributed by atoms with van der Waals surface area (Å²) in [5, 5.41) is 3.38. The molecule has 0 aliphatic carbocycles. The third kappa shape index (κ3) is 3.29. The zero-order chi connectivity index (χ0) is 14.7. The topological polar surface area (TPSA) is 32.3 Å². The van der Waals surface area contributed by atoms with Crippen molar-refractivity contribution in [1.29, 1.82) is 0 Å². The number of amides is 1. The van der Waals surface area contributed by atoms with Gasteiger partial charge < -0.3 is 10.2 Å². The minimum absolute atomic E-state index is 0.221.